The Hall–Kier alpha value is -3.34. The summed E-state index contributed by atoms with van der Waals surface area (Å²) < 4.78 is 0. The summed E-state index contributed by atoms with van der Waals surface area (Å²) in [4.78, 5) is 0. The number of hydrogen-bond donors (Lipinski definition) is 4. The Morgan fingerprint density at radius 1 is 0.333 bits per heavy atom. The Balaban J connectivity index is 0.000000341. The van der Waals surface area contributed by atoms with Crippen LogP contribution in [-0.4, -0.2) is 20.4 Å². The monoisotopic (exact) mass is 528 g/mol. The van der Waals surface area contributed by atoms with Gasteiger partial charge in [0.1, 0.15) is 23.0 Å². The summed E-state index contributed by atoms with van der Waals surface area (Å²) >= 11 is 0. The Bertz CT molecular complexity index is 1010. The maximum absolute atomic E-state index is 9.30. The first-order valence-electron chi connectivity index (χ1n) is 11.2. The quantitative estimate of drug-likeness (QED) is 0.219. The molecular weight excluding hydrogens is 495 g/mol. The molecule has 192 valence electrons. The third-order valence-electron chi connectivity index (χ3n) is 6.36. The molecule has 0 aliphatic heterocycles. The van der Waals surface area contributed by atoms with Crippen molar-refractivity contribution in [3.05, 3.63) is 119 Å². The van der Waals surface area contributed by atoms with Crippen molar-refractivity contribution < 1.29 is 20.4 Å². The molecular formula is C30H34Cl2O4. The molecule has 4 N–H and O–H groups in total. The summed E-state index contributed by atoms with van der Waals surface area (Å²) in [6.07, 6.45) is 0. The second-order valence-corrected chi connectivity index (χ2v) is 9.44. The molecule has 4 nitrogen and oxygen atoms in total. The molecule has 0 atom stereocenters. The predicted molar refractivity (Wildman–Crippen MR) is 151 cm³/mol. The van der Waals surface area contributed by atoms with E-state index in [1.165, 1.54) is 0 Å². The Labute approximate surface area is 225 Å². The maximum Gasteiger partial charge on any atom is 0.115 e. The molecule has 0 fully saturated rings. The molecule has 0 unspecified atom stereocenters. The lowest BCUT2D eigenvalue weighted by atomic mass is 9.78. The Kier molecular flexibility index (Phi) is 10.7. The van der Waals surface area contributed by atoms with E-state index in [9.17, 15) is 20.4 Å². The lowest BCUT2D eigenvalue weighted by molar-refractivity contribution is 0.473. The highest BCUT2D eigenvalue weighted by atomic mass is 35.5. The van der Waals surface area contributed by atoms with Crippen LogP contribution in [0.15, 0.2) is 97.1 Å². The summed E-state index contributed by atoms with van der Waals surface area (Å²) in [7, 11) is 0. The van der Waals surface area contributed by atoms with E-state index in [4.69, 9.17) is 0 Å². The molecule has 0 aliphatic carbocycles. The zero-order valence-electron chi connectivity index (χ0n) is 20.8. The van der Waals surface area contributed by atoms with Crippen LogP contribution >= 0.6 is 24.8 Å². The molecule has 4 aromatic carbocycles. The van der Waals surface area contributed by atoms with Crippen molar-refractivity contribution in [2.75, 3.05) is 0 Å². The SMILES string of the molecule is CC(C)(c1ccc(O)cc1)c1ccc(O)cc1.CC(C)(c1ccc(O)cc1)c1ccc(O)cc1.Cl.Cl. The predicted octanol–water partition coefficient (Wildman–Crippen LogP) is 7.69. The number of hydrogen-bond acceptors (Lipinski definition) is 4. The molecule has 0 aliphatic rings. The number of phenols is 4. The van der Waals surface area contributed by atoms with E-state index in [1.54, 1.807) is 48.5 Å². The maximum atomic E-state index is 9.30. The molecule has 0 saturated carbocycles. The molecule has 0 amide bonds. The van der Waals surface area contributed by atoms with Crippen LogP contribution in [0.5, 0.6) is 23.0 Å². The number of rotatable bonds is 4. The van der Waals surface area contributed by atoms with E-state index in [0.717, 1.165) is 22.3 Å². The minimum atomic E-state index is -0.151. The Morgan fingerprint density at radius 3 is 0.611 bits per heavy atom. The lowest BCUT2D eigenvalue weighted by Gasteiger charge is -2.26. The summed E-state index contributed by atoms with van der Waals surface area (Å²) in [5.41, 5.74) is 4.20. The molecule has 6 heteroatoms. The average molecular weight is 530 g/mol. The molecule has 0 saturated heterocycles. The van der Waals surface area contributed by atoms with E-state index in [0.29, 0.717) is 0 Å². The highest BCUT2D eigenvalue weighted by molar-refractivity contribution is 5.85. The minimum Gasteiger partial charge on any atom is -0.508 e. The third kappa shape index (κ3) is 7.33. The van der Waals surface area contributed by atoms with Gasteiger partial charge >= 0.3 is 0 Å². The van der Waals surface area contributed by atoms with Gasteiger partial charge in [-0.15, -0.1) is 24.8 Å². The van der Waals surface area contributed by atoms with Crippen molar-refractivity contribution >= 4 is 24.8 Å². The summed E-state index contributed by atoms with van der Waals surface area (Å²) in [5, 5.41) is 37.2. The van der Waals surface area contributed by atoms with E-state index in [-0.39, 0.29) is 58.6 Å². The lowest BCUT2D eigenvalue weighted by Crippen LogP contribution is -2.18. The smallest absolute Gasteiger partial charge is 0.115 e. The van der Waals surface area contributed by atoms with Crippen LogP contribution in [-0.2, 0) is 10.8 Å². The zero-order valence-corrected chi connectivity index (χ0v) is 22.5. The van der Waals surface area contributed by atoms with Crippen molar-refractivity contribution in [1.29, 1.82) is 0 Å². The summed E-state index contributed by atoms with van der Waals surface area (Å²) in [5.74, 6) is 1.09. The first-order valence-corrected chi connectivity index (χ1v) is 11.2. The van der Waals surface area contributed by atoms with Gasteiger partial charge in [-0.05, 0) is 70.8 Å². The number of halogens is 2. The van der Waals surface area contributed by atoms with Crippen molar-refractivity contribution in [2.24, 2.45) is 0 Å². The standard InChI is InChI=1S/2C15H16O2.2ClH/c2*1-15(2,11-3-7-13(16)8-4-11)12-5-9-14(17)10-6-12;;/h2*3-10,16-17H,1-2H3;2*1H. The van der Waals surface area contributed by atoms with Crippen molar-refractivity contribution in [3.8, 4) is 23.0 Å². The van der Waals surface area contributed by atoms with Crippen LogP contribution in [0, 0.1) is 0 Å². The van der Waals surface area contributed by atoms with Gasteiger partial charge in [0.05, 0.1) is 0 Å². The van der Waals surface area contributed by atoms with Gasteiger partial charge in [-0.25, -0.2) is 0 Å². The molecule has 4 aromatic rings. The number of aromatic hydroxyl groups is 4. The van der Waals surface area contributed by atoms with Crippen molar-refractivity contribution in [1.82, 2.24) is 0 Å². The second kappa shape index (κ2) is 12.6. The normalized spacial score (nSPS) is 10.8. The van der Waals surface area contributed by atoms with Crippen LogP contribution < -0.4 is 0 Å². The molecule has 0 heterocycles. The van der Waals surface area contributed by atoms with Gasteiger partial charge in [0, 0.05) is 10.8 Å². The van der Waals surface area contributed by atoms with Gasteiger partial charge in [0.2, 0.25) is 0 Å². The number of benzene rings is 4. The van der Waals surface area contributed by atoms with Crippen LogP contribution in [0.4, 0.5) is 0 Å². The summed E-state index contributed by atoms with van der Waals surface area (Å²) in [6, 6.07) is 28.9. The van der Waals surface area contributed by atoms with E-state index < -0.39 is 0 Å². The number of phenolic OH excluding ortho intramolecular Hbond substituents is 4. The topological polar surface area (TPSA) is 80.9 Å². The largest absolute Gasteiger partial charge is 0.508 e. The van der Waals surface area contributed by atoms with Gasteiger partial charge in [-0.2, -0.15) is 0 Å². The third-order valence-corrected chi connectivity index (χ3v) is 6.36. The molecule has 36 heavy (non-hydrogen) atoms. The van der Waals surface area contributed by atoms with Crippen molar-refractivity contribution in [2.45, 2.75) is 38.5 Å². The zero-order chi connectivity index (χ0) is 24.9. The Morgan fingerprint density at radius 2 is 0.472 bits per heavy atom. The molecule has 0 radical (unpaired) electrons. The fourth-order valence-corrected chi connectivity index (χ4v) is 3.85. The molecule has 4 rings (SSSR count). The van der Waals surface area contributed by atoms with Crippen LogP contribution in [0.25, 0.3) is 0 Å². The first-order chi connectivity index (χ1) is 16.0. The van der Waals surface area contributed by atoms with Crippen LogP contribution in [0.1, 0.15) is 49.9 Å². The van der Waals surface area contributed by atoms with E-state index in [1.807, 2.05) is 48.5 Å². The molecule has 0 spiro atoms. The highest BCUT2D eigenvalue weighted by Crippen LogP contribution is 2.34. The van der Waals surface area contributed by atoms with Gasteiger partial charge in [-0.1, -0.05) is 76.2 Å². The summed E-state index contributed by atoms with van der Waals surface area (Å²) in [6.45, 7) is 8.47. The average Bonchev–Trinajstić information content (AvgIpc) is 2.81. The van der Waals surface area contributed by atoms with Crippen LogP contribution in [0.2, 0.25) is 0 Å². The van der Waals surface area contributed by atoms with Crippen LogP contribution in [0.3, 0.4) is 0 Å². The fraction of sp³-hybridized carbons (Fsp3) is 0.200. The van der Waals surface area contributed by atoms with Gasteiger partial charge in [-0.3, -0.25) is 0 Å². The van der Waals surface area contributed by atoms with Gasteiger partial charge in [0.15, 0.2) is 0 Å². The minimum absolute atomic E-state index is 0. The molecule has 0 bridgehead atoms. The second-order valence-electron chi connectivity index (χ2n) is 9.44. The first kappa shape index (κ1) is 30.7. The fourth-order valence-electron chi connectivity index (χ4n) is 3.85. The van der Waals surface area contributed by atoms with Gasteiger partial charge in [0.25, 0.3) is 0 Å². The van der Waals surface area contributed by atoms with Crippen molar-refractivity contribution in [3.63, 3.8) is 0 Å². The van der Waals surface area contributed by atoms with E-state index >= 15 is 0 Å². The molecule has 0 aromatic heterocycles. The van der Waals surface area contributed by atoms with E-state index in [2.05, 4.69) is 27.7 Å². The van der Waals surface area contributed by atoms with Gasteiger partial charge < -0.3 is 20.4 Å². The highest BCUT2D eigenvalue weighted by Gasteiger charge is 2.23.